The van der Waals surface area contributed by atoms with Crippen LogP contribution in [0.4, 0.5) is 0 Å². The third kappa shape index (κ3) is 19.8. The molecule has 0 unspecified atom stereocenters. The van der Waals surface area contributed by atoms with Crippen LogP contribution in [0.2, 0.25) is 0 Å². The second kappa shape index (κ2) is 32.5. The summed E-state index contributed by atoms with van der Waals surface area (Å²) in [6.45, 7) is 45.7. The van der Waals surface area contributed by atoms with Gasteiger partial charge in [-0.2, -0.15) is 0 Å². The third-order valence-electron chi connectivity index (χ3n) is 19.8. The first-order chi connectivity index (χ1) is 50.5. The Labute approximate surface area is 645 Å². The van der Waals surface area contributed by atoms with E-state index >= 15 is 0 Å². The van der Waals surface area contributed by atoms with Gasteiger partial charge in [0.25, 0.3) is 0 Å². The van der Waals surface area contributed by atoms with Crippen molar-refractivity contribution < 1.29 is 14.0 Å². The van der Waals surface area contributed by atoms with Crippen molar-refractivity contribution in [1.82, 2.24) is 39.9 Å². The lowest BCUT2D eigenvalue weighted by molar-refractivity contribution is 0.00578. The molecule has 548 valence electrons. The van der Waals surface area contributed by atoms with Gasteiger partial charge in [-0.15, -0.1) is 0 Å². The van der Waals surface area contributed by atoms with Gasteiger partial charge in [0.1, 0.15) is 0 Å². The summed E-state index contributed by atoms with van der Waals surface area (Å²) in [5.41, 5.74) is 21.5. The van der Waals surface area contributed by atoms with E-state index in [0.717, 1.165) is 107 Å². The maximum absolute atomic E-state index is 6.60. The molecule has 0 amide bonds. The number of halogens is 1. The maximum atomic E-state index is 6.60. The number of aryl methyl sites for hydroxylation is 4. The van der Waals surface area contributed by atoms with Crippen LogP contribution >= 0.6 is 15.9 Å². The van der Waals surface area contributed by atoms with Gasteiger partial charge >= 0.3 is 7.12 Å². The molecule has 0 aliphatic carbocycles. The van der Waals surface area contributed by atoms with Gasteiger partial charge in [0.2, 0.25) is 0 Å². The molecule has 2 saturated heterocycles. The number of rotatable bonds is 10. The van der Waals surface area contributed by atoms with Crippen molar-refractivity contribution in [2.45, 2.75) is 184 Å². The van der Waals surface area contributed by atoms with Crippen molar-refractivity contribution in [3.8, 4) is 102 Å². The largest absolute Gasteiger partial charge is 0.494 e. The molecule has 0 N–H and O–H groups in total. The number of ether oxygens (including phenoxy) is 1. The van der Waals surface area contributed by atoms with Gasteiger partial charge in [-0.1, -0.05) is 259 Å². The summed E-state index contributed by atoms with van der Waals surface area (Å²) >= 11 is 3.37. The molecular weight excluding hydrogens is 1380 g/mol. The van der Waals surface area contributed by atoms with Crippen LogP contribution in [-0.4, -0.2) is 71.4 Å². The number of benzene rings is 8. The quantitative estimate of drug-likeness (QED) is 0.121. The van der Waals surface area contributed by atoms with Crippen LogP contribution in [0.25, 0.3) is 102 Å². The van der Waals surface area contributed by atoms with Gasteiger partial charge in [-0.05, 0) is 204 Å². The summed E-state index contributed by atoms with van der Waals surface area (Å²) in [7, 11) is -0.546. The molecule has 11 nitrogen and oxygen atoms in total. The molecule has 107 heavy (non-hydrogen) atoms. The molecule has 2 aliphatic heterocycles. The molecule has 6 heterocycles. The Balaban J connectivity index is 0.000000180. The Kier molecular flexibility index (Phi) is 23.9. The van der Waals surface area contributed by atoms with Gasteiger partial charge in [0.15, 0.2) is 34.9 Å². The summed E-state index contributed by atoms with van der Waals surface area (Å²) in [6.07, 6.45) is 2.56. The van der Waals surface area contributed by atoms with Crippen LogP contribution in [0.15, 0.2) is 223 Å². The zero-order valence-corrected chi connectivity index (χ0v) is 68.0. The van der Waals surface area contributed by atoms with E-state index in [-0.39, 0.29) is 21.7 Å². The molecule has 14 rings (SSSR count). The van der Waals surface area contributed by atoms with Crippen LogP contribution < -0.4 is 5.46 Å². The molecule has 0 saturated carbocycles. The SMILES string of the molecule is C1CCOC1.CC(C)(C)c1cc(-c2cc(B3OC(C)(C)C(C)(C)O3)cc(-c3nc(-c4ccccc4)nc(-c4ccccc4)n3)c2)cc(C(C)(C)C)c1.Cc1ccc(-c2cc(-c3cc(C(C)(C)C)cc(C(C)(C)C)c3)cc(-c3nc(-c4ccccc4)nc(-c4ccccc4)n3)c2)c(C)n1.Cc1ccc(Br)c(C)n1. The highest BCUT2D eigenvalue weighted by molar-refractivity contribution is 9.10. The maximum Gasteiger partial charge on any atom is 0.494 e. The van der Waals surface area contributed by atoms with E-state index < -0.39 is 18.3 Å². The molecule has 8 aromatic carbocycles. The fourth-order valence-electron chi connectivity index (χ4n) is 12.5. The fraction of sp³-hybridized carbons (Fsp3) is 0.319. The first kappa shape index (κ1) is 78.6. The van der Waals surface area contributed by atoms with E-state index in [1.54, 1.807) is 0 Å². The van der Waals surface area contributed by atoms with Crippen molar-refractivity contribution in [1.29, 1.82) is 0 Å². The number of hydrogen-bond donors (Lipinski definition) is 0. The van der Waals surface area contributed by atoms with Gasteiger partial charge in [0.05, 0.1) is 16.9 Å². The Bertz CT molecular complexity index is 4870. The normalized spacial score (nSPS) is 14.1. The van der Waals surface area contributed by atoms with Crippen LogP contribution in [0.3, 0.4) is 0 Å². The van der Waals surface area contributed by atoms with Gasteiger partial charge in [0, 0.05) is 73.7 Å². The van der Waals surface area contributed by atoms with Crippen LogP contribution in [0, 0.1) is 27.7 Å². The summed E-state index contributed by atoms with van der Waals surface area (Å²) in [6, 6.07) is 75.9. The average Bonchev–Trinajstić information content (AvgIpc) is 1.68. The highest BCUT2D eigenvalue weighted by Crippen LogP contribution is 2.42. The number of nitrogens with zero attached hydrogens (tertiary/aromatic N) is 8. The predicted octanol–water partition coefficient (Wildman–Crippen LogP) is 23.5. The van der Waals surface area contributed by atoms with Crippen LogP contribution in [-0.2, 0) is 35.7 Å². The second-order valence-corrected chi connectivity index (χ2v) is 34.2. The standard InChI is InChI=1S/C42H42N4.C41H46BN3O2.C7H8BrN.C4H8O/c1-27-19-20-37(28(2)43-27)33-21-31(32-24-35(41(3,4)5)26-36(25-32)42(6,7)8)22-34(23-33)40-45-38(29-15-11-9-12-16-29)44-39(46-40)30-17-13-10-14-18-30;1-38(2,3)32-22-30(23-33(26-32)39(4,5)6)29-21-31(25-34(24-29)42-46-40(7,8)41(9,10)47-42)37-44-35(27-17-13-11-14-18-27)43-36(45-37)28-19-15-12-16-20-28;1-5-3-4-7(8)6(2)9-5;1-2-4-5-3-1/h9-26H,1-8H3;11-26H,1-10H3;3-4H,1-2H3;1-4H2. The summed E-state index contributed by atoms with van der Waals surface area (Å²) in [5, 5.41) is 0. The minimum Gasteiger partial charge on any atom is -0.399 e. The molecule has 2 fully saturated rings. The molecule has 4 aromatic heterocycles. The second-order valence-electron chi connectivity index (χ2n) is 33.3. The first-order valence-corrected chi connectivity index (χ1v) is 38.2. The lowest BCUT2D eigenvalue weighted by Gasteiger charge is -2.32. The molecule has 13 heteroatoms. The summed E-state index contributed by atoms with van der Waals surface area (Å²) in [5.74, 6) is 3.78. The molecule has 0 bridgehead atoms. The predicted molar refractivity (Wildman–Crippen MR) is 448 cm³/mol. The Morgan fingerprint density at radius 2 is 0.598 bits per heavy atom. The van der Waals surface area contributed by atoms with E-state index in [4.69, 9.17) is 48.9 Å². The van der Waals surface area contributed by atoms with Crippen molar-refractivity contribution in [2.24, 2.45) is 0 Å². The number of aromatic nitrogens is 8. The first-order valence-electron chi connectivity index (χ1n) is 37.4. The minimum absolute atomic E-state index is 0.00268. The Morgan fingerprint density at radius 3 is 0.916 bits per heavy atom. The third-order valence-corrected chi connectivity index (χ3v) is 20.7. The van der Waals surface area contributed by atoms with E-state index in [9.17, 15) is 0 Å². The highest BCUT2D eigenvalue weighted by atomic mass is 79.9. The Morgan fingerprint density at radius 1 is 0.308 bits per heavy atom. The average molecular weight is 1480 g/mol. The van der Waals surface area contributed by atoms with E-state index in [1.807, 2.05) is 154 Å². The molecule has 0 spiro atoms. The fourth-order valence-corrected chi connectivity index (χ4v) is 12.7. The molecule has 2 aliphatic rings. The smallest absolute Gasteiger partial charge is 0.399 e. The minimum atomic E-state index is -0.546. The lowest BCUT2D eigenvalue weighted by atomic mass is 9.75. The van der Waals surface area contributed by atoms with Crippen molar-refractivity contribution in [2.75, 3.05) is 13.2 Å². The van der Waals surface area contributed by atoms with E-state index in [2.05, 4.69) is 224 Å². The zero-order valence-electron chi connectivity index (χ0n) is 66.4. The Hall–Kier alpha value is -9.50. The molecule has 0 radical (unpaired) electrons. The van der Waals surface area contributed by atoms with Gasteiger partial charge in [-0.3, -0.25) is 9.97 Å². The number of hydrogen-bond acceptors (Lipinski definition) is 11. The van der Waals surface area contributed by atoms with E-state index in [1.165, 1.54) is 40.7 Å². The topological polar surface area (TPSA) is 131 Å². The summed E-state index contributed by atoms with van der Waals surface area (Å²) in [4.78, 5) is 39.2. The van der Waals surface area contributed by atoms with Crippen LogP contribution in [0.5, 0.6) is 0 Å². The highest BCUT2D eigenvalue weighted by Gasteiger charge is 2.52. The zero-order chi connectivity index (χ0) is 76.8. The summed E-state index contributed by atoms with van der Waals surface area (Å²) < 4.78 is 19.2. The monoisotopic (exact) mass is 1480 g/mol. The van der Waals surface area contributed by atoms with Crippen molar-refractivity contribution >= 4 is 28.5 Å². The van der Waals surface area contributed by atoms with E-state index in [0.29, 0.717) is 34.9 Å². The van der Waals surface area contributed by atoms with Crippen molar-refractivity contribution in [3.05, 3.63) is 268 Å². The lowest BCUT2D eigenvalue weighted by Crippen LogP contribution is -2.41. The van der Waals surface area contributed by atoms with Gasteiger partial charge in [-0.25, -0.2) is 29.9 Å². The van der Waals surface area contributed by atoms with Crippen LogP contribution in [0.1, 0.15) is 169 Å². The van der Waals surface area contributed by atoms with Gasteiger partial charge < -0.3 is 14.0 Å². The molecular formula is C94H104BBrN8O3. The number of pyridine rings is 2. The molecule has 0 atom stereocenters. The van der Waals surface area contributed by atoms with Crippen molar-refractivity contribution in [3.63, 3.8) is 0 Å². The molecule has 12 aromatic rings.